The molecule has 6 nitrogen and oxygen atoms in total. The van der Waals surface area contributed by atoms with Crippen molar-refractivity contribution in [1.82, 2.24) is 25.8 Å². The molecule has 3 rings (SSSR count). The first-order valence-electron chi connectivity index (χ1n) is 8.33. The Kier molecular flexibility index (Phi) is 8.05. The van der Waals surface area contributed by atoms with Gasteiger partial charge in [0.15, 0.2) is 11.8 Å². The van der Waals surface area contributed by atoms with Crippen molar-refractivity contribution in [2.45, 2.75) is 19.5 Å². The van der Waals surface area contributed by atoms with Crippen LogP contribution in [-0.4, -0.2) is 28.2 Å². The lowest BCUT2D eigenvalue weighted by Gasteiger charge is -2.18. The molecule has 1 unspecified atom stereocenters. The predicted octanol–water partition coefficient (Wildman–Crippen LogP) is 4.17. The second kappa shape index (κ2) is 10.3. The number of aromatic nitrogens is 3. The molecule has 0 aliphatic heterocycles. The van der Waals surface area contributed by atoms with Crippen molar-refractivity contribution in [2.75, 3.05) is 7.05 Å². The normalized spacial score (nSPS) is 12.2. The number of aromatic amines is 1. The molecule has 0 bridgehead atoms. The van der Waals surface area contributed by atoms with Crippen molar-refractivity contribution in [1.29, 1.82) is 0 Å². The average molecular weight is 497 g/mol. The van der Waals surface area contributed by atoms with Crippen molar-refractivity contribution >= 4 is 41.5 Å². The Morgan fingerprint density at radius 3 is 2.67 bits per heavy atom. The van der Waals surface area contributed by atoms with Crippen molar-refractivity contribution in [3.8, 4) is 11.4 Å². The molecular formula is C19H22ClIN6. The first-order valence-corrected chi connectivity index (χ1v) is 8.71. The zero-order chi connectivity index (χ0) is 18.4. The maximum absolute atomic E-state index is 5.95. The lowest BCUT2D eigenvalue weighted by molar-refractivity contribution is 0.685. The molecule has 3 aromatic rings. The first-order chi connectivity index (χ1) is 12.7. The van der Waals surface area contributed by atoms with Gasteiger partial charge in [0.05, 0.1) is 6.04 Å². The number of hydrogen-bond acceptors (Lipinski definition) is 3. The van der Waals surface area contributed by atoms with E-state index in [4.69, 9.17) is 11.6 Å². The van der Waals surface area contributed by atoms with E-state index < -0.39 is 0 Å². The molecule has 8 heteroatoms. The largest absolute Gasteiger partial charge is 0.352 e. The van der Waals surface area contributed by atoms with Gasteiger partial charge in [-0.1, -0.05) is 41.9 Å². The van der Waals surface area contributed by atoms with Gasteiger partial charge in [-0.2, -0.15) is 5.10 Å². The fraction of sp³-hybridized carbons (Fsp3) is 0.211. The quantitative estimate of drug-likeness (QED) is 0.281. The summed E-state index contributed by atoms with van der Waals surface area (Å²) in [5.74, 6) is 1.49. The molecule has 2 aromatic carbocycles. The van der Waals surface area contributed by atoms with E-state index in [-0.39, 0.29) is 30.0 Å². The Hall–Kier alpha value is -2.13. The van der Waals surface area contributed by atoms with Crippen LogP contribution in [0.4, 0.5) is 0 Å². The molecule has 0 aliphatic rings. The van der Waals surface area contributed by atoms with E-state index >= 15 is 0 Å². The predicted molar refractivity (Wildman–Crippen MR) is 120 cm³/mol. The van der Waals surface area contributed by atoms with Crippen LogP contribution in [0.5, 0.6) is 0 Å². The van der Waals surface area contributed by atoms with E-state index in [2.05, 4.69) is 49.9 Å². The van der Waals surface area contributed by atoms with Crippen molar-refractivity contribution in [3.05, 3.63) is 71.0 Å². The second-order valence-electron chi connectivity index (χ2n) is 5.88. The molecular weight excluding hydrogens is 475 g/mol. The van der Waals surface area contributed by atoms with Crippen molar-refractivity contribution in [3.63, 3.8) is 0 Å². The molecule has 27 heavy (non-hydrogen) atoms. The number of hydrogen-bond donors (Lipinski definition) is 3. The molecule has 1 heterocycles. The summed E-state index contributed by atoms with van der Waals surface area (Å²) in [5, 5.41) is 14.2. The Bertz CT molecular complexity index is 864. The van der Waals surface area contributed by atoms with E-state index in [9.17, 15) is 0 Å². The number of halogens is 2. The molecule has 1 aromatic heterocycles. The van der Waals surface area contributed by atoms with Crippen LogP contribution in [0.2, 0.25) is 5.02 Å². The maximum atomic E-state index is 5.95. The van der Waals surface area contributed by atoms with Crippen LogP contribution in [0.1, 0.15) is 24.1 Å². The zero-order valence-corrected chi connectivity index (χ0v) is 18.2. The minimum absolute atomic E-state index is 0. The summed E-state index contributed by atoms with van der Waals surface area (Å²) >= 11 is 5.95. The molecule has 142 valence electrons. The van der Waals surface area contributed by atoms with Gasteiger partial charge in [0, 0.05) is 24.2 Å². The van der Waals surface area contributed by atoms with Gasteiger partial charge in [-0.15, -0.1) is 24.0 Å². The summed E-state index contributed by atoms with van der Waals surface area (Å²) in [7, 11) is 1.76. The molecule has 0 saturated carbocycles. The highest BCUT2D eigenvalue weighted by atomic mass is 127. The summed E-state index contributed by atoms with van der Waals surface area (Å²) in [6.45, 7) is 2.73. The van der Waals surface area contributed by atoms with E-state index in [1.54, 1.807) is 7.05 Å². The van der Waals surface area contributed by atoms with E-state index in [0.717, 1.165) is 33.5 Å². The number of aliphatic imine (C=N–C) groups is 1. The Morgan fingerprint density at radius 2 is 2.00 bits per heavy atom. The summed E-state index contributed by atoms with van der Waals surface area (Å²) in [5.41, 5.74) is 3.27. The number of guanidine groups is 1. The second-order valence-corrected chi connectivity index (χ2v) is 6.31. The molecule has 0 radical (unpaired) electrons. The summed E-state index contributed by atoms with van der Waals surface area (Å²) < 4.78 is 0. The number of rotatable bonds is 5. The maximum Gasteiger partial charge on any atom is 0.191 e. The first kappa shape index (κ1) is 21.2. The lowest BCUT2D eigenvalue weighted by Crippen LogP contribution is -2.38. The number of nitrogens with one attached hydrogen (secondary N) is 3. The van der Waals surface area contributed by atoms with Crippen LogP contribution in [0, 0.1) is 0 Å². The van der Waals surface area contributed by atoms with Crippen LogP contribution in [-0.2, 0) is 6.54 Å². The summed E-state index contributed by atoms with van der Waals surface area (Å²) in [6.07, 6.45) is 1.50. The molecule has 1 atom stereocenters. The van der Waals surface area contributed by atoms with E-state index in [0.29, 0.717) is 6.54 Å². The van der Waals surface area contributed by atoms with Crippen LogP contribution in [0.15, 0.2) is 59.9 Å². The van der Waals surface area contributed by atoms with Gasteiger partial charge in [-0.05, 0) is 36.2 Å². The number of nitrogens with zero attached hydrogens (tertiary/aromatic N) is 3. The minimum atomic E-state index is 0. The third-order valence-corrected chi connectivity index (χ3v) is 4.27. The average Bonchev–Trinajstić information content (AvgIpc) is 3.20. The molecule has 3 N–H and O–H groups in total. The topological polar surface area (TPSA) is 78.0 Å². The fourth-order valence-electron chi connectivity index (χ4n) is 2.59. The fourth-order valence-corrected chi connectivity index (χ4v) is 2.72. The molecule has 0 spiro atoms. The molecule has 0 amide bonds. The van der Waals surface area contributed by atoms with Gasteiger partial charge in [0.1, 0.15) is 6.33 Å². The third kappa shape index (κ3) is 5.93. The standard InChI is InChI=1S/C19H21ClN6.HI/c1-13(15-6-8-17(20)9-7-15)25-19(21-2)22-11-14-4-3-5-16(10-14)18-23-12-24-26-18;/h3-10,12-13H,11H2,1-2H3,(H2,21,22,25)(H,23,24,26);1H. The summed E-state index contributed by atoms with van der Waals surface area (Å²) in [4.78, 5) is 8.48. The third-order valence-electron chi connectivity index (χ3n) is 4.02. The van der Waals surface area contributed by atoms with E-state index in [1.165, 1.54) is 6.33 Å². The van der Waals surface area contributed by atoms with E-state index in [1.807, 2.05) is 36.4 Å². The number of H-pyrrole nitrogens is 1. The van der Waals surface area contributed by atoms with Gasteiger partial charge in [-0.25, -0.2) is 4.98 Å². The zero-order valence-electron chi connectivity index (χ0n) is 15.1. The molecule has 0 saturated heterocycles. The van der Waals surface area contributed by atoms with Crippen LogP contribution in [0.3, 0.4) is 0 Å². The Balaban J connectivity index is 0.00000261. The monoisotopic (exact) mass is 496 g/mol. The smallest absolute Gasteiger partial charge is 0.191 e. The minimum Gasteiger partial charge on any atom is -0.352 e. The van der Waals surface area contributed by atoms with Crippen LogP contribution < -0.4 is 10.6 Å². The van der Waals surface area contributed by atoms with Crippen molar-refractivity contribution in [2.24, 2.45) is 4.99 Å². The molecule has 0 aliphatic carbocycles. The van der Waals surface area contributed by atoms with Gasteiger partial charge < -0.3 is 10.6 Å². The Morgan fingerprint density at radius 1 is 1.22 bits per heavy atom. The highest BCUT2D eigenvalue weighted by Gasteiger charge is 2.08. The summed E-state index contributed by atoms with van der Waals surface area (Å²) in [6, 6.07) is 16.0. The highest BCUT2D eigenvalue weighted by Crippen LogP contribution is 2.17. The SMILES string of the molecule is CN=C(NCc1cccc(-c2ncn[nH]2)c1)NC(C)c1ccc(Cl)cc1.I. The lowest BCUT2D eigenvalue weighted by atomic mass is 10.1. The van der Waals surface area contributed by atoms with Gasteiger partial charge in [0.2, 0.25) is 0 Å². The highest BCUT2D eigenvalue weighted by molar-refractivity contribution is 14.0. The number of benzene rings is 2. The Labute approximate surface area is 180 Å². The van der Waals surface area contributed by atoms with Crippen LogP contribution >= 0.6 is 35.6 Å². The van der Waals surface area contributed by atoms with Crippen molar-refractivity contribution < 1.29 is 0 Å². The van der Waals surface area contributed by atoms with Gasteiger partial charge in [-0.3, -0.25) is 10.1 Å². The van der Waals surface area contributed by atoms with Gasteiger partial charge >= 0.3 is 0 Å². The van der Waals surface area contributed by atoms with Crippen LogP contribution in [0.25, 0.3) is 11.4 Å². The van der Waals surface area contributed by atoms with Gasteiger partial charge in [0.25, 0.3) is 0 Å². The molecule has 0 fully saturated rings.